The van der Waals surface area contributed by atoms with E-state index in [2.05, 4.69) is 32.0 Å². The standard InChI is InChI=1S/C15H17ClN6/c1-9-6-15(9)13-20-18-8-21(13)11-7-17-14(16)19-12(11)22(15)10-4-2-3-5-10/h7-10H,2-6H2,1H3/t9-,15-/m0/s1. The molecule has 3 heterocycles. The summed E-state index contributed by atoms with van der Waals surface area (Å²) in [6, 6.07) is 0.514. The van der Waals surface area contributed by atoms with Crippen LogP contribution in [0.5, 0.6) is 0 Å². The van der Waals surface area contributed by atoms with E-state index in [1.807, 2.05) is 4.57 Å². The minimum Gasteiger partial charge on any atom is -0.338 e. The minimum absolute atomic E-state index is 0.0593. The fourth-order valence-electron chi connectivity index (χ4n) is 4.41. The molecule has 2 saturated carbocycles. The van der Waals surface area contributed by atoms with Gasteiger partial charge in [-0.15, -0.1) is 10.2 Å². The van der Waals surface area contributed by atoms with Crippen LogP contribution in [0.15, 0.2) is 12.5 Å². The van der Waals surface area contributed by atoms with Crippen LogP contribution in [0, 0.1) is 5.92 Å². The lowest BCUT2D eigenvalue weighted by Gasteiger charge is -2.42. The van der Waals surface area contributed by atoms with Gasteiger partial charge in [-0.25, -0.2) is 4.98 Å². The minimum atomic E-state index is -0.0593. The third-order valence-corrected chi connectivity index (χ3v) is 5.72. The zero-order chi connectivity index (χ0) is 14.9. The molecule has 0 aromatic carbocycles. The highest BCUT2D eigenvalue weighted by Gasteiger charge is 2.64. The van der Waals surface area contributed by atoms with Crippen LogP contribution in [0.25, 0.3) is 5.69 Å². The van der Waals surface area contributed by atoms with Crippen LogP contribution in [0.3, 0.4) is 0 Å². The molecule has 2 aromatic rings. The summed E-state index contributed by atoms with van der Waals surface area (Å²) in [4.78, 5) is 11.3. The second-order valence-corrected chi connectivity index (χ2v) is 7.05. The average Bonchev–Trinajstić information content (AvgIpc) is 2.96. The Morgan fingerprint density at radius 2 is 2.09 bits per heavy atom. The predicted molar refractivity (Wildman–Crippen MR) is 82.2 cm³/mol. The second-order valence-electron chi connectivity index (χ2n) is 6.71. The Kier molecular flexibility index (Phi) is 2.44. The monoisotopic (exact) mass is 316 g/mol. The highest BCUT2D eigenvalue weighted by Crippen LogP contribution is 2.61. The lowest BCUT2D eigenvalue weighted by molar-refractivity contribution is 0.441. The Hall–Kier alpha value is -1.69. The Labute approximate surface area is 133 Å². The number of rotatable bonds is 1. The molecule has 7 heteroatoms. The molecule has 3 aliphatic rings. The Bertz CT molecular complexity index is 752. The number of nitrogens with zero attached hydrogens (tertiary/aromatic N) is 6. The highest BCUT2D eigenvalue weighted by atomic mass is 35.5. The van der Waals surface area contributed by atoms with E-state index in [1.54, 1.807) is 12.5 Å². The van der Waals surface area contributed by atoms with E-state index < -0.39 is 0 Å². The molecule has 0 unspecified atom stereocenters. The number of anilines is 1. The molecular weight excluding hydrogens is 300 g/mol. The molecule has 0 amide bonds. The van der Waals surface area contributed by atoms with E-state index >= 15 is 0 Å². The number of hydrogen-bond donors (Lipinski definition) is 0. The first kappa shape index (κ1) is 12.8. The molecule has 1 spiro atoms. The molecule has 6 nitrogen and oxygen atoms in total. The van der Waals surface area contributed by atoms with Crippen molar-refractivity contribution in [3.05, 3.63) is 23.6 Å². The van der Waals surface area contributed by atoms with E-state index in [0.29, 0.717) is 17.2 Å². The summed E-state index contributed by atoms with van der Waals surface area (Å²) in [6.07, 6.45) is 9.65. The summed E-state index contributed by atoms with van der Waals surface area (Å²) >= 11 is 6.11. The van der Waals surface area contributed by atoms with Crippen molar-refractivity contribution in [1.82, 2.24) is 24.7 Å². The van der Waals surface area contributed by atoms with Crippen molar-refractivity contribution in [2.24, 2.45) is 5.92 Å². The van der Waals surface area contributed by atoms with Gasteiger partial charge in [0, 0.05) is 6.04 Å². The molecule has 0 bridgehead atoms. The van der Waals surface area contributed by atoms with Gasteiger partial charge in [0.15, 0.2) is 11.6 Å². The maximum Gasteiger partial charge on any atom is 0.224 e. The second kappa shape index (κ2) is 4.19. The number of fused-ring (bicyclic) bond motifs is 4. The normalized spacial score (nSPS) is 29.7. The topological polar surface area (TPSA) is 59.7 Å². The van der Waals surface area contributed by atoms with Crippen LogP contribution in [0.4, 0.5) is 5.82 Å². The maximum absolute atomic E-state index is 6.11. The largest absolute Gasteiger partial charge is 0.338 e. The first-order chi connectivity index (χ1) is 10.7. The molecular formula is C15H17ClN6. The van der Waals surface area contributed by atoms with Crippen LogP contribution in [-0.2, 0) is 5.54 Å². The number of halogens is 1. The van der Waals surface area contributed by atoms with Gasteiger partial charge in [0.25, 0.3) is 0 Å². The van der Waals surface area contributed by atoms with Crippen LogP contribution >= 0.6 is 11.6 Å². The molecule has 0 radical (unpaired) electrons. The third-order valence-electron chi connectivity index (χ3n) is 5.54. The molecule has 2 aliphatic carbocycles. The Balaban J connectivity index is 1.77. The molecule has 22 heavy (non-hydrogen) atoms. The molecule has 0 N–H and O–H groups in total. The summed E-state index contributed by atoms with van der Waals surface area (Å²) in [5, 5.41) is 8.91. The quantitative estimate of drug-likeness (QED) is 0.757. The summed E-state index contributed by atoms with van der Waals surface area (Å²) in [5.74, 6) is 2.53. The summed E-state index contributed by atoms with van der Waals surface area (Å²) in [5.41, 5.74) is 0.886. The molecule has 114 valence electrons. The summed E-state index contributed by atoms with van der Waals surface area (Å²) in [7, 11) is 0. The van der Waals surface area contributed by atoms with Gasteiger partial charge >= 0.3 is 0 Å². The van der Waals surface area contributed by atoms with Crippen LogP contribution in [0.2, 0.25) is 5.28 Å². The predicted octanol–water partition coefficient (Wildman–Crippen LogP) is 2.71. The smallest absolute Gasteiger partial charge is 0.224 e. The van der Waals surface area contributed by atoms with E-state index in [9.17, 15) is 0 Å². The zero-order valence-electron chi connectivity index (χ0n) is 12.4. The number of hydrogen-bond acceptors (Lipinski definition) is 5. The lowest BCUT2D eigenvalue weighted by Crippen LogP contribution is -2.48. The van der Waals surface area contributed by atoms with Crippen LogP contribution in [-0.4, -0.2) is 30.8 Å². The fraction of sp³-hybridized carbons (Fsp3) is 0.600. The summed E-state index contributed by atoms with van der Waals surface area (Å²) in [6.45, 7) is 2.29. The van der Waals surface area contributed by atoms with Crippen molar-refractivity contribution < 1.29 is 0 Å². The highest BCUT2D eigenvalue weighted by molar-refractivity contribution is 6.28. The summed E-state index contributed by atoms with van der Waals surface area (Å²) < 4.78 is 2.04. The van der Waals surface area contributed by atoms with Crippen molar-refractivity contribution in [3.63, 3.8) is 0 Å². The first-order valence-corrected chi connectivity index (χ1v) is 8.32. The van der Waals surface area contributed by atoms with Gasteiger partial charge in [0.2, 0.25) is 5.28 Å². The van der Waals surface area contributed by atoms with Gasteiger partial charge in [-0.1, -0.05) is 19.8 Å². The van der Waals surface area contributed by atoms with Gasteiger partial charge in [-0.2, -0.15) is 4.98 Å². The van der Waals surface area contributed by atoms with Crippen LogP contribution in [0.1, 0.15) is 44.9 Å². The van der Waals surface area contributed by atoms with Gasteiger partial charge < -0.3 is 4.90 Å². The van der Waals surface area contributed by atoms with E-state index in [1.165, 1.54) is 25.7 Å². The van der Waals surface area contributed by atoms with E-state index in [4.69, 9.17) is 11.6 Å². The van der Waals surface area contributed by atoms with Crippen molar-refractivity contribution in [2.45, 2.75) is 50.6 Å². The Morgan fingerprint density at radius 3 is 2.82 bits per heavy atom. The molecule has 2 aromatic heterocycles. The maximum atomic E-state index is 6.11. The van der Waals surface area contributed by atoms with Gasteiger partial charge in [-0.05, 0) is 36.8 Å². The van der Waals surface area contributed by atoms with Crippen molar-refractivity contribution in [1.29, 1.82) is 0 Å². The SMILES string of the molecule is C[C@H]1C[C@@]12c1nncn1-c1cnc(Cl)nc1N2C1CCCC1. The van der Waals surface area contributed by atoms with E-state index in [0.717, 1.165) is 23.8 Å². The zero-order valence-corrected chi connectivity index (χ0v) is 13.2. The van der Waals surface area contributed by atoms with Gasteiger partial charge in [-0.3, -0.25) is 4.57 Å². The molecule has 1 aliphatic heterocycles. The van der Waals surface area contributed by atoms with Crippen LogP contribution < -0.4 is 4.90 Å². The van der Waals surface area contributed by atoms with Crippen molar-refractivity contribution >= 4 is 17.4 Å². The fourth-order valence-corrected chi connectivity index (χ4v) is 4.54. The molecule has 0 saturated heterocycles. The number of aromatic nitrogens is 5. The van der Waals surface area contributed by atoms with Crippen molar-refractivity contribution in [3.8, 4) is 5.69 Å². The van der Waals surface area contributed by atoms with E-state index in [-0.39, 0.29) is 5.54 Å². The third kappa shape index (κ3) is 1.46. The first-order valence-electron chi connectivity index (χ1n) is 7.94. The molecule has 2 fully saturated rings. The average molecular weight is 317 g/mol. The molecule has 2 atom stereocenters. The molecule has 5 rings (SSSR count). The Morgan fingerprint density at radius 1 is 1.32 bits per heavy atom. The lowest BCUT2D eigenvalue weighted by atomic mass is 10.0. The van der Waals surface area contributed by atoms with Gasteiger partial charge in [0.1, 0.15) is 17.6 Å². The van der Waals surface area contributed by atoms with Gasteiger partial charge in [0.05, 0.1) is 6.20 Å². The van der Waals surface area contributed by atoms with Crippen molar-refractivity contribution in [2.75, 3.05) is 4.90 Å².